The van der Waals surface area contributed by atoms with E-state index in [0.717, 1.165) is 12.0 Å². The average molecular weight is 329 g/mol. The summed E-state index contributed by atoms with van der Waals surface area (Å²) in [6.07, 6.45) is 0.754. The van der Waals surface area contributed by atoms with E-state index in [2.05, 4.69) is 15.2 Å². The molecule has 1 aromatic carbocycles. The van der Waals surface area contributed by atoms with E-state index in [-0.39, 0.29) is 23.7 Å². The van der Waals surface area contributed by atoms with Crippen LogP contribution in [0.1, 0.15) is 39.8 Å². The third-order valence-electron chi connectivity index (χ3n) is 3.36. The summed E-state index contributed by atoms with van der Waals surface area (Å²) in [4.78, 5) is 35.1. The van der Waals surface area contributed by atoms with Gasteiger partial charge in [0.05, 0.1) is 12.7 Å². The van der Waals surface area contributed by atoms with E-state index in [4.69, 9.17) is 0 Å². The van der Waals surface area contributed by atoms with Gasteiger partial charge in [0.25, 0.3) is 11.5 Å². The van der Waals surface area contributed by atoms with Crippen molar-refractivity contribution in [1.82, 2.24) is 15.1 Å². The van der Waals surface area contributed by atoms with Gasteiger partial charge in [-0.1, -0.05) is 19.1 Å². The molecule has 24 heavy (non-hydrogen) atoms. The SMILES string of the molecule is CCCn1nc(C(=O)NCc2ccc(C(=O)OC)cc2)ccc1=O. The Bertz CT molecular complexity index is 781. The van der Waals surface area contributed by atoms with Gasteiger partial charge in [0.15, 0.2) is 0 Å². The van der Waals surface area contributed by atoms with Gasteiger partial charge in [0.1, 0.15) is 5.69 Å². The lowest BCUT2D eigenvalue weighted by Gasteiger charge is -2.07. The maximum Gasteiger partial charge on any atom is 0.337 e. The monoisotopic (exact) mass is 329 g/mol. The van der Waals surface area contributed by atoms with Gasteiger partial charge in [-0.05, 0) is 30.2 Å². The van der Waals surface area contributed by atoms with Gasteiger partial charge in [-0.15, -0.1) is 0 Å². The van der Waals surface area contributed by atoms with Crippen molar-refractivity contribution < 1.29 is 14.3 Å². The van der Waals surface area contributed by atoms with Crippen molar-refractivity contribution >= 4 is 11.9 Å². The minimum atomic E-state index is -0.409. The molecule has 0 aliphatic carbocycles. The molecule has 2 rings (SSSR count). The maximum absolute atomic E-state index is 12.1. The summed E-state index contributed by atoms with van der Waals surface area (Å²) >= 11 is 0. The minimum Gasteiger partial charge on any atom is -0.465 e. The van der Waals surface area contributed by atoms with Crippen LogP contribution in [0.2, 0.25) is 0 Å². The summed E-state index contributed by atoms with van der Waals surface area (Å²) in [5, 5.41) is 6.79. The number of rotatable bonds is 6. The molecule has 7 heteroatoms. The summed E-state index contributed by atoms with van der Waals surface area (Å²) < 4.78 is 5.91. The fourth-order valence-electron chi connectivity index (χ4n) is 2.09. The lowest BCUT2D eigenvalue weighted by atomic mass is 10.1. The third kappa shape index (κ3) is 4.28. The van der Waals surface area contributed by atoms with E-state index in [1.165, 1.54) is 23.9 Å². The van der Waals surface area contributed by atoms with Gasteiger partial charge in [0.2, 0.25) is 0 Å². The number of aromatic nitrogens is 2. The number of esters is 1. The van der Waals surface area contributed by atoms with Crippen LogP contribution in [0.15, 0.2) is 41.2 Å². The summed E-state index contributed by atoms with van der Waals surface area (Å²) in [5.74, 6) is -0.773. The molecule has 1 N–H and O–H groups in total. The molecule has 1 aromatic heterocycles. The third-order valence-corrected chi connectivity index (χ3v) is 3.36. The largest absolute Gasteiger partial charge is 0.465 e. The van der Waals surface area contributed by atoms with E-state index in [1.807, 2.05) is 6.92 Å². The molecule has 0 unspecified atom stereocenters. The van der Waals surface area contributed by atoms with Crippen LogP contribution in [0, 0.1) is 0 Å². The van der Waals surface area contributed by atoms with Crippen LogP contribution in [-0.2, 0) is 17.8 Å². The van der Waals surface area contributed by atoms with Crippen molar-refractivity contribution in [3.63, 3.8) is 0 Å². The highest BCUT2D eigenvalue weighted by atomic mass is 16.5. The van der Waals surface area contributed by atoms with E-state index in [9.17, 15) is 14.4 Å². The van der Waals surface area contributed by atoms with Crippen LogP contribution in [0.3, 0.4) is 0 Å². The molecule has 0 saturated carbocycles. The molecule has 0 radical (unpaired) electrons. The Morgan fingerprint density at radius 1 is 1.17 bits per heavy atom. The zero-order valence-corrected chi connectivity index (χ0v) is 13.6. The molecule has 0 fully saturated rings. The number of nitrogens with zero attached hydrogens (tertiary/aromatic N) is 2. The van der Waals surface area contributed by atoms with Crippen molar-refractivity contribution in [2.45, 2.75) is 26.4 Å². The van der Waals surface area contributed by atoms with Gasteiger partial charge in [-0.2, -0.15) is 5.10 Å². The van der Waals surface area contributed by atoms with Crippen LogP contribution < -0.4 is 10.9 Å². The topological polar surface area (TPSA) is 90.3 Å². The van der Waals surface area contributed by atoms with Crippen LogP contribution in [0.4, 0.5) is 0 Å². The Hall–Kier alpha value is -2.96. The number of methoxy groups -OCH3 is 1. The maximum atomic E-state index is 12.1. The fourth-order valence-corrected chi connectivity index (χ4v) is 2.09. The molecule has 0 saturated heterocycles. The number of amides is 1. The van der Waals surface area contributed by atoms with Crippen molar-refractivity contribution in [2.24, 2.45) is 0 Å². The second kappa shape index (κ2) is 8.05. The molecule has 1 amide bonds. The fraction of sp³-hybridized carbons (Fsp3) is 0.294. The predicted molar refractivity (Wildman–Crippen MR) is 87.7 cm³/mol. The quantitative estimate of drug-likeness (QED) is 0.808. The standard InChI is InChI=1S/C17H19N3O4/c1-3-10-20-15(21)9-8-14(19-20)16(22)18-11-12-4-6-13(7-5-12)17(23)24-2/h4-9H,3,10-11H2,1-2H3,(H,18,22). The highest BCUT2D eigenvalue weighted by Gasteiger charge is 2.10. The Morgan fingerprint density at radius 3 is 2.50 bits per heavy atom. The van der Waals surface area contributed by atoms with Crippen molar-refractivity contribution in [3.05, 3.63) is 63.6 Å². The molecule has 0 bridgehead atoms. The van der Waals surface area contributed by atoms with Crippen LogP contribution in [-0.4, -0.2) is 28.8 Å². The number of carbonyl (C=O) groups excluding carboxylic acids is 2. The highest BCUT2D eigenvalue weighted by Crippen LogP contribution is 2.06. The summed E-state index contributed by atoms with van der Waals surface area (Å²) in [6.45, 7) is 2.68. The molecule has 126 valence electrons. The number of benzene rings is 1. The van der Waals surface area contributed by atoms with Gasteiger partial charge >= 0.3 is 5.97 Å². The van der Waals surface area contributed by atoms with E-state index >= 15 is 0 Å². The van der Waals surface area contributed by atoms with Gasteiger partial charge < -0.3 is 10.1 Å². The number of hydrogen-bond acceptors (Lipinski definition) is 5. The second-order valence-corrected chi connectivity index (χ2v) is 5.15. The first-order valence-corrected chi connectivity index (χ1v) is 7.58. The molecule has 0 atom stereocenters. The lowest BCUT2D eigenvalue weighted by Crippen LogP contribution is -2.29. The predicted octanol–water partition coefficient (Wildman–Crippen LogP) is 1.37. The zero-order valence-electron chi connectivity index (χ0n) is 13.6. The Labute approximate surface area is 139 Å². The molecular weight excluding hydrogens is 310 g/mol. The number of nitrogens with one attached hydrogen (secondary N) is 1. The second-order valence-electron chi connectivity index (χ2n) is 5.15. The Balaban J connectivity index is 2.01. The van der Waals surface area contributed by atoms with Crippen LogP contribution in [0.25, 0.3) is 0 Å². The Morgan fingerprint density at radius 2 is 1.88 bits per heavy atom. The van der Waals surface area contributed by atoms with Crippen LogP contribution >= 0.6 is 0 Å². The Kier molecular flexibility index (Phi) is 5.83. The summed E-state index contributed by atoms with van der Waals surface area (Å²) in [5.41, 5.74) is 1.24. The van der Waals surface area contributed by atoms with Crippen molar-refractivity contribution in [2.75, 3.05) is 7.11 Å². The average Bonchev–Trinajstić information content (AvgIpc) is 2.61. The molecule has 0 aliphatic rings. The number of aryl methyl sites for hydroxylation is 1. The molecule has 7 nitrogen and oxygen atoms in total. The normalized spacial score (nSPS) is 10.2. The molecule has 0 aliphatic heterocycles. The molecular formula is C17H19N3O4. The number of ether oxygens (including phenoxy) is 1. The van der Waals surface area contributed by atoms with Crippen molar-refractivity contribution in [3.8, 4) is 0 Å². The number of hydrogen-bond donors (Lipinski definition) is 1. The number of carbonyl (C=O) groups is 2. The van der Waals surface area contributed by atoms with E-state index in [1.54, 1.807) is 24.3 Å². The van der Waals surface area contributed by atoms with E-state index in [0.29, 0.717) is 12.1 Å². The first-order valence-electron chi connectivity index (χ1n) is 7.58. The summed E-state index contributed by atoms with van der Waals surface area (Å²) in [7, 11) is 1.32. The van der Waals surface area contributed by atoms with Gasteiger partial charge in [-0.3, -0.25) is 9.59 Å². The van der Waals surface area contributed by atoms with Gasteiger partial charge in [0, 0.05) is 19.2 Å². The molecule has 0 spiro atoms. The smallest absolute Gasteiger partial charge is 0.337 e. The van der Waals surface area contributed by atoms with Gasteiger partial charge in [-0.25, -0.2) is 9.48 Å². The lowest BCUT2D eigenvalue weighted by molar-refractivity contribution is 0.0600. The van der Waals surface area contributed by atoms with Crippen molar-refractivity contribution in [1.29, 1.82) is 0 Å². The van der Waals surface area contributed by atoms with E-state index < -0.39 is 5.97 Å². The zero-order chi connectivity index (χ0) is 17.5. The van der Waals surface area contributed by atoms with Crippen LogP contribution in [0.5, 0.6) is 0 Å². The molecule has 2 aromatic rings. The first kappa shape index (κ1) is 17.4. The summed E-state index contributed by atoms with van der Waals surface area (Å²) in [6, 6.07) is 9.48. The minimum absolute atomic E-state index is 0.189. The highest BCUT2D eigenvalue weighted by molar-refractivity contribution is 5.92. The molecule has 1 heterocycles. The first-order chi connectivity index (χ1) is 11.5.